The fourth-order valence-electron chi connectivity index (χ4n) is 8.86. The Morgan fingerprint density at radius 1 is 0.554 bits per heavy atom. The molecule has 0 saturated heterocycles. The molecular weight excluding hydrogens is 725 g/mol. The molecule has 0 spiro atoms. The van der Waals surface area contributed by atoms with Crippen LogP contribution in [0.2, 0.25) is 0 Å². The fourth-order valence-corrected chi connectivity index (χ4v) is 12.7. The first-order valence-corrected chi connectivity index (χ1v) is 22.3. The average Bonchev–Trinajstić information content (AvgIpc) is 3.46. The molecule has 276 valence electrons. The molecule has 0 radical (unpaired) electrons. The number of pyridine rings is 2. The lowest BCUT2D eigenvalue weighted by Gasteiger charge is -2.25. The first-order chi connectivity index (χ1) is 27.7. The van der Waals surface area contributed by atoms with Gasteiger partial charge in [-0.25, -0.2) is 0 Å². The Labute approximate surface area is 330 Å². The number of benzene rings is 5. The predicted octanol–water partition coefficient (Wildman–Crippen LogP) is 11.8. The molecule has 7 heteroatoms. The van der Waals surface area contributed by atoms with Crippen LogP contribution in [0.25, 0.3) is 44.2 Å². The van der Waals surface area contributed by atoms with Gasteiger partial charge in [-0.15, -0.1) is 0 Å². The third kappa shape index (κ3) is 6.34. The molecule has 0 bridgehead atoms. The van der Waals surface area contributed by atoms with Crippen LogP contribution in [0.15, 0.2) is 155 Å². The van der Waals surface area contributed by atoms with Crippen molar-refractivity contribution < 1.29 is 8.39 Å². The lowest BCUT2D eigenvalue weighted by molar-refractivity contribution is 0.636. The molecule has 0 atom stereocenters. The van der Waals surface area contributed by atoms with Crippen LogP contribution >= 0.6 is 16.1 Å². The SMILES string of the molecule is CN(c1ccccc1P(c1ccccc1)c1ccccc1)p1oc2c(-c3cccnc3)cc3c(c2c2c4c(cc(-c5cccnc5)c2o1)CCCC4)CCCC3. The molecule has 5 nitrogen and oxygen atoms in total. The van der Waals surface area contributed by atoms with Gasteiger partial charge in [-0.3, -0.25) is 14.6 Å². The normalized spacial score (nSPS) is 13.8. The number of anilines is 1. The lowest BCUT2D eigenvalue weighted by Crippen LogP contribution is -2.24. The van der Waals surface area contributed by atoms with Gasteiger partial charge in [0.25, 0.3) is 0 Å². The van der Waals surface area contributed by atoms with Gasteiger partial charge in [-0.05, 0) is 122 Å². The number of aryl methyl sites for hydroxylation is 4. The molecule has 2 aliphatic rings. The van der Waals surface area contributed by atoms with Crippen molar-refractivity contribution in [2.45, 2.75) is 51.4 Å². The van der Waals surface area contributed by atoms with Gasteiger partial charge in [0, 0.05) is 70.2 Å². The summed E-state index contributed by atoms with van der Waals surface area (Å²) in [6, 6.07) is 43.9. The summed E-state index contributed by atoms with van der Waals surface area (Å²) >= 11 is 0. The maximum atomic E-state index is 7.57. The Morgan fingerprint density at radius 2 is 1.04 bits per heavy atom. The molecule has 0 N–H and O–H groups in total. The summed E-state index contributed by atoms with van der Waals surface area (Å²) in [4.78, 5) is 9.21. The van der Waals surface area contributed by atoms with E-state index in [-0.39, 0.29) is 0 Å². The summed E-state index contributed by atoms with van der Waals surface area (Å²) in [5, 5.41) is 6.32. The van der Waals surface area contributed by atoms with Gasteiger partial charge >= 0.3 is 8.16 Å². The van der Waals surface area contributed by atoms with Gasteiger partial charge in [-0.1, -0.05) is 91.0 Å². The highest BCUT2D eigenvalue weighted by Gasteiger charge is 2.28. The van der Waals surface area contributed by atoms with Crippen LogP contribution in [0, 0.1) is 0 Å². The van der Waals surface area contributed by atoms with Crippen LogP contribution in [-0.2, 0) is 25.7 Å². The zero-order valence-electron chi connectivity index (χ0n) is 31.6. The molecule has 3 heterocycles. The summed E-state index contributed by atoms with van der Waals surface area (Å²) in [5.74, 6) is 0. The van der Waals surface area contributed by atoms with E-state index in [2.05, 4.69) is 131 Å². The molecule has 0 unspecified atom stereocenters. The number of hydrogen-bond donors (Lipinski definition) is 0. The number of rotatable bonds is 7. The Bertz CT molecular complexity index is 2560. The van der Waals surface area contributed by atoms with Crippen molar-refractivity contribution in [3.63, 3.8) is 0 Å². The van der Waals surface area contributed by atoms with Crippen LogP contribution in [-0.4, -0.2) is 17.0 Å². The monoisotopic (exact) mass is 767 g/mol. The van der Waals surface area contributed by atoms with E-state index < -0.39 is 16.1 Å². The van der Waals surface area contributed by atoms with E-state index in [1.54, 1.807) is 0 Å². The zero-order chi connectivity index (χ0) is 37.4. The highest BCUT2D eigenvalue weighted by atomic mass is 31.1. The molecule has 8 aromatic rings. The van der Waals surface area contributed by atoms with Crippen molar-refractivity contribution in [2.75, 3.05) is 11.7 Å². The number of nitrogens with zero attached hydrogens (tertiary/aromatic N) is 3. The van der Waals surface area contributed by atoms with E-state index in [0.29, 0.717) is 0 Å². The highest BCUT2D eigenvalue weighted by molar-refractivity contribution is 7.80. The Balaban J connectivity index is 1.33. The molecule has 3 aromatic heterocycles. The summed E-state index contributed by atoms with van der Waals surface area (Å²) in [6.07, 6.45) is 16.5. The quantitative estimate of drug-likeness (QED) is 0.151. The average molecular weight is 768 g/mol. The van der Waals surface area contributed by atoms with Crippen molar-refractivity contribution in [3.05, 3.63) is 168 Å². The van der Waals surface area contributed by atoms with E-state index in [4.69, 9.17) is 8.39 Å². The topological polar surface area (TPSA) is 55.3 Å². The van der Waals surface area contributed by atoms with Crippen molar-refractivity contribution in [3.8, 4) is 22.3 Å². The van der Waals surface area contributed by atoms with Crippen LogP contribution in [0.3, 0.4) is 0 Å². The molecule has 0 saturated carbocycles. The second kappa shape index (κ2) is 15.2. The second-order valence-corrected chi connectivity index (χ2v) is 18.5. The van der Waals surface area contributed by atoms with Crippen molar-refractivity contribution in [1.82, 2.24) is 9.97 Å². The molecule has 0 aliphatic heterocycles. The van der Waals surface area contributed by atoms with Crippen molar-refractivity contribution >= 4 is 59.6 Å². The summed E-state index contributed by atoms with van der Waals surface area (Å²) in [7, 11) is -0.458. The second-order valence-electron chi connectivity index (χ2n) is 14.9. The standard InChI is InChI=1S/C49H43N3O2P2/c1-52(44-26-12-13-27-45(44)55(38-20-4-2-5-21-38)39-22-6-3-7-23-39)56-53-48-42(36-18-14-28-50-32-36)30-34-16-8-10-24-40(34)46(48)47-41-25-11-9-17-35(41)31-43(49(47)54-56)37-19-15-29-51-33-37/h2-7,12-15,18-23,26-33H,8-11,16-17,24-25H2,1H3. The van der Waals surface area contributed by atoms with Crippen LogP contribution in [0.1, 0.15) is 47.9 Å². The fraction of sp³-hybridized carbons (Fsp3) is 0.184. The van der Waals surface area contributed by atoms with Gasteiger partial charge in [-0.2, -0.15) is 0 Å². The van der Waals surface area contributed by atoms with Crippen LogP contribution < -0.4 is 20.6 Å². The molecule has 5 aromatic carbocycles. The predicted molar refractivity (Wildman–Crippen MR) is 235 cm³/mol. The Morgan fingerprint density at radius 3 is 1.54 bits per heavy atom. The van der Waals surface area contributed by atoms with E-state index >= 15 is 0 Å². The van der Waals surface area contributed by atoms with Gasteiger partial charge in [0.15, 0.2) is 11.2 Å². The zero-order valence-corrected chi connectivity index (χ0v) is 33.4. The number of hydrogen-bond acceptors (Lipinski definition) is 5. The maximum Gasteiger partial charge on any atom is 0.341 e. The van der Waals surface area contributed by atoms with E-state index in [1.165, 1.54) is 61.8 Å². The van der Waals surface area contributed by atoms with Gasteiger partial charge < -0.3 is 8.39 Å². The Hall–Kier alpha value is -5.47. The summed E-state index contributed by atoms with van der Waals surface area (Å²) < 4.78 is 17.4. The molecule has 10 rings (SSSR count). The van der Waals surface area contributed by atoms with Gasteiger partial charge in [0.2, 0.25) is 0 Å². The minimum absolute atomic E-state index is 0.889. The first-order valence-electron chi connectivity index (χ1n) is 19.8. The highest BCUT2D eigenvalue weighted by Crippen LogP contribution is 2.50. The largest absolute Gasteiger partial charge is 0.403 e. The molecule has 2 aliphatic carbocycles. The van der Waals surface area contributed by atoms with Crippen molar-refractivity contribution in [1.29, 1.82) is 0 Å². The molecule has 0 fully saturated rings. The summed E-state index contributed by atoms with van der Waals surface area (Å²) in [6.45, 7) is 0. The molecule has 0 amide bonds. The van der Waals surface area contributed by atoms with E-state index in [1.807, 2.05) is 36.9 Å². The van der Waals surface area contributed by atoms with Crippen molar-refractivity contribution in [2.24, 2.45) is 0 Å². The minimum Gasteiger partial charge on any atom is -0.403 e. The number of aromatic nitrogens is 2. The van der Waals surface area contributed by atoms with E-state index in [9.17, 15) is 0 Å². The van der Waals surface area contributed by atoms with Crippen LogP contribution in [0.5, 0.6) is 0 Å². The van der Waals surface area contributed by atoms with Gasteiger partial charge in [0.1, 0.15) is 0 Å². The third-order valence-electron chi connectivity index (χ3n) is 11.5. The Kier molecular flexibility index (Phi) is 9.51. The maximum absolute atomic E-state index is 7.57. The lowest BCUT2D eigenvalue weighted by atomic mass is 9.81. The third-order valence-corrected chi connectivity index (χ3v) is 15.4. The smallest absolute Gasteiger partial charge is 0.341 e. The first kappa shape index (κ1) is 35.0. The van der Waals surface area contributed by atoms with E-state index in [0.717, 1.165) is 77.6 Å². The van der Waals surface area contributed by atoms with Gasteiger partial charge in [0.05, 0.1) is 5.69 Å². The van der Waals surface area contributed by atoms with Crippen LogP contribution in [0.4, 0.5) is 5.69 Å². The minimum atomic E-state index is -1.72. The molecular formula is C49H43N3O2P2. The number of fused-ring (bicyclic) bond motifs is 7. The number of para-hydroxylation sites is 1. The summed E-state index contributed by atoms with van der Waals surface area (Å²) in [5.41, 5.74) is 12.9. The molecule has 56 heavy (non-hydrogen) atoms.